The number of nitrogens with zero attached hydrogens (tertiary/aromatic N) is 1. The van der Waals surface area contributed by atoms with Crippen LogP contribution in [0.1, 0.15) is 29.2 Å². The van der Waals surface area contributed by atoms with Gasteiger partial charge in [0.15, 0.2) is 0 Å². The minimum Gasteiger partial charge on any atom is -0.315 e. The van der Waals surface area contributed by atoms with E-state index in [-0.39, 0.29) is 0 Å². The van der Waals surface area contributed by atoms with E-state index in [2.05, 4.69) is 71.7 Å². The van der Waals surface area contributed by atoms with E-state index < -0.39 is 0 Å². The largest absolute Gasteiger partial charge is 0.315 e. The summed E-state index contributed by atoms with van der Waals surface area (Å²) in [6.45, 7) is 6.56. The number of hydrogen-bond acceptors (Lipinski definition) is 2. The molecule has 1 heterocycles. The summed E-state index contributed by atoms with van der Waals surface area (Å²) in [6.07, 6.45) is 1.22. The van der Waals surface area contributed by atoms with Crippen LogP contribution in [0.5, 0.6) is 0 Å². The van der Waals surface area contributed by atoms with E-state index in [0.717, 1.165) is 26.2 Å². The summed E-state index contributed by atoms with van der Waals surface area (Å²) in [4.78, 5) is 2.62. The molecule has 0 aromatic heterocycles. The molecular formula is C19H24N2. The lowest BCUT2D eigenvalue weighted by molar-refractivity contribution is 0.201. The predicted octanol–water partition coefficient (Wildman–Crippen LogP) is 3.53. The van der Waals surface area contributed by atoms with E-state index in [4.69, 9.17) is 0 Å². The van der Waals surface area contributed by atoms with Gasteiger partial charge in [-0.15, -0.1) is 0 Å². The zero-order valence-corrected chi connectivity index (χ0v) is 12.8. The molecule has 0 amide bonds. The molecule has 1 fully saturated rings. The molecule has 110 valence electrons. The second-order valence-corrected chi connectivity index (χ2v) is 5.88. The van der Waals surface area contributed by atoms with Gasteiger partial charge in [-0.3, -0.25) is 4.90 Å². The van der Waals surface area contributed by atoms with Gasteiger partial charge in [0.1, 0.15) is 0 Å². The van der Waals surface area contributed by atoms with E-state index >= 15 is 0 Å². The van der Waals surface area contributed by atoms with Gasteiger partial charge in [-0.25, -0.2) is 0 Å². The van der Waals surface area contributed by atoms with Gasteiger partial charge >= 0.3 is 0 Å². The molecule has 0 aliphatic carbocycles. The van der Waals surface area contributed by atoms with Crippen LogP contribution in [0.3, 0.4) is 0 Å². The fraction of sp³-hybridized carbons (Fsp3) is 0.368. The first kappa shape index (κ1) is 14.3. The van der Waals surface area contributed by atoms with Crippen molar-refractivity contribution >= 4 is 0 Å². The molecule has 0 bridgehead atoms. The van der Waals surface area contributed by atoms with Crippen molar-refractivity contribution < 1.29 is 0 Å². The Balaban J connectivity index is 1.84. The number of nitrogens with one attached hydrogen (secondary N) is 1. The third-order valence-electron chi connectivity index (χ3n) is 4.40. The number of aryl methyl sites for hydroxylation is 1. The first-order chi connectivity index (χ1) is 10.3. The summed E-state index contributed by atoms with van der Waals surface area (Å²) in [7, 11) is 0. The van der Waals surface area contributed by atoms with E-state index in [1.54, 1.807) is 0 Å². The van der Waals surface area contributed by atoms with Gasteiger partial charge in [-0.05, 0) is 36.6 Å². The maximum atomic E-state index is 3.58. The molecule has 21 heavy (non-hydrogen) atoms. The minimum atomic E-state index is 0.466. The van der Waals surface area contributed by atoms with Gasteiger partial charge in [0.2, 0.25) is 0 Å². The van der Waals surface area contributed by atoms with E-state index in [0.29, 0.717) is 6.04 Å². The molecule has 0 spiro atoms. The monoisotopic (exact) mass is 280 g/mol. The zero-order valence-electron chi connectivity index (χ0n) is 12.8. The molecule has 1 N–H and O–H groups in total. The van der Waals surface area contributed by atoms with Crippen LogP contribution in [0.4, 0.5) is 0 Å². The summed E-state index contributed by atoms with van der Waals surface area (Å²) >= 11 is 0. The van der Waals surface area contributed by atoms with Gasteiger partial charge < -0.3 is 5.32 Å². The van der Waals surface area contributed by atoms with Crippen molar-refractivity contribution in [1.29, 1.82) is 0 Å². The standard InChI is InChI=1S/C19H24N2/c1-16-8-5-6-11-18(16)15-21-13-7-12-20-14-19(21)17-9-3-2-4-10-17/h2-6,8-11,19-20H,7,12-15H2,1H3. The molecular weight excluding hydrogens is 256 g/mol. The maximum Gasteiger partial charge on any atom is 0.0476 e. The molecule has 2 nitrogen and oxygen atoms in total. The van der Waals surface area contributed by atoms with Crippen LogP contribution in [0, 0.1) is 6.92 Å². The maximum absolute atomic E-state index is 3.58. The second kappa shape index (κ2) is 6.88. The van der Waals surface area contributed by atoms with Gasteiger partial charge in [-0.1, -0.05) is 54.6 Å². The van der Waals surface area contributed by atoms with Gasteiger partial charge in [0.25, 0.3) is 0 Å². The van der Waals surface area contributed by atoms with E-state index in [1.165, 1.54) is 23.1 Å². The Labute approximate surface area is 127 Å². The Bertz CT molecular complexity index is 565. The third-order valence-corrected chi connectivity index (χ3v) is 4.40. The highest BCUT2D eigenvalue weighted by atomic mass is 15.2. The molecule has 1 unspecified atom stereocenters. The SMILES string of the molecule is Cc1ccccc1CN1CCCNCC1c1ccccc1. The van der Waals surface area contributed by atoms with Crippen LogP contribution in [0.15, 0.2) is 54.6 Å². The van der Waals surface area contributed by atoms with Crippen molar-refractivity contribution in [3.8, 4) is 0 Å². The number of rotatable bonds is 3. The Morgan fingerprint density at radius 2 is 1.81 bits per heavy atom. The summed E-state index contributed by atoms with van der Waals surface area (Å²) in [5, 5.41) is 3.58. The van der Waals surface area contributed by atoms with Crippen LogP contribution in [-0.4, -0.2) is 24.5 Å². The average Bonchev–Trinajstić information content (AvgIpc) is 2.76. The van der Waals surface area contributed by atoms with Crippen molar-refractivity contribution in [2.24, 2.45) is 0 Å². The topological polar surface area (TPSA) is 15.3 Å². The van der Waals surface area contributed by atoms with Crippen molar-refractivity contribution in [2.45, 2.75) is 25.9 Å². The fourth-order valence-electron chi connectivity index (χ4n) is 3.13. The highest BCUT2D eigenvalue weighted by Crippen LogP contribution is 2.24. The normalized spacial score (nSPS) is 20.1. The summed E-state index contributed by atoms with van der Waals surface area (Å²) in [5.41, 5.74) is 4.25. The van der Waals surface area contributed by atoms with E-state index in [9.17, 15) is 0 Å². The minimum absolute atomic E-state index is 0.466. The summed E-state index contributed by atoms with van der Waals surface area (Å²) in [6, 6.07) is 20.1. The summed E-state index contributed by atoms with van der Waals surface area (Å²) < 4.78 is 0. The fourth-order valence-corrected chi connectivity index (χ4v) is 3.13. The van der Waals surface area contributed by atoms with Crippen molar-refractivity contribution in [2.75, 3.05) is 19.6 Å². The van der Waals surface area contributed by atoms with Crippen molar-refractivity contribution in [1.82, 2.24) is 10.2 Å². The molecule has 1 aliphatic heterocycles. The zero-order chi connectivity index (χ0) is 14.5. The molecule has 0 radical (unpaired) electrons. The van der Waals surface area contributed by atoms with Crippen LogP contribution >= 0.6 is 0 Å². The lowest BCUT2D eigenvalue weighted by Crippen LogP contribution is -2.32. The Kier molecular flexibility index (Phi) is 4.69. The Morgan fingerprint density at radius 3 is 2.62 bits per heavy atom. The molecule has 3 rings (SSSR count). The number of hydrogen-bond donors (Lipinski definition) is 1. The Hall–Kier alpha value is -1.64. The predicted molar refractivity (Wildman–Crippen MR) is 88.3 cm³/mol. The highest BCUT2D eigenvalue weighted by molar-refractivity contribution is 5.26. The third kappa shape index (κ3) is 3.52. The lowest BCUT2D eigenvalue weighted by atomic mass is 10.0. The van der Waals surface area contributed by atoms with Crippen LogP contribution < -0.4 is 5.32 Å². The average molecular weight is 280 g/mol. The first-order valence-corrected chi connectivity index (χ1v) is 7.89. The molecule has 1 aliphatic rings. The second-order valence-electron chi connectivity index (χ2n) is 5.88. The quantitative estimate of drug-likeness (QED) is 0.925. The molecule has 1 saturated heterocycles. The molecule has 1 atom stereocenters. The van der Waals surface area contributed by atoms with Crippen LogP contribution in [-0.2, 0) is 6.54 Å². The van der Waals surface area contributed by atoms with Crippen LogP contribution in [0.25, 0.3) is 0 Å². The molecule has 2 aromatic rings. The molecule has 2 aromatic carbocycles. The first-order valence-electron chi connectivity index (χ1n) is 7.89. The van der Waals surface area contributed by atoms with Gasteiger partial charge in [0, 0.05) is 25.7 Å². The Morgan fingerprint density at radius 1 is 1.05 bits per heavy atom. The van der Waals surface area contributed by atoms with Crippen molar-refractivity contribution in [3.05, 3.63) is 71.3 Å². The van der Waals surface area contributed by atoms with Gasteiger partial charge in [0.05, 0.1) is 0 Å². The highest BCUT2D eigenvalue weighted by Gasteiger charge is 2.22. The summed E-state index contributed by atoms with van der Waals surface area (Å²) in [5.74, 6) is 0. The lowest BCUT2D eigenvalue weighted by Gasteiger charge is -2.30. The molecule has 2 heteroatoms. The van der Waals surface area contributed by atoms with Crippen LogP contribution in [0.2, 0.25) is 0 Å². The molecule has 0 saturated carbocycles. The van der Waals surface area contributed by atoms with Gasteiger partial charge in [-0.2, -0.15) is 0 Å². The van der Waals surface area contributed by atoms with Crippen molar-refractivity contribution in [3.63, 3.8) is 0 Å². The number of benzene rings is 2. The smallest absolute Gasteiger partial charge is 0.0476 e. The van der Waals surface area contributed by atoms with E-state index in [1.807, 2.05) is 0 Å².